The molecule has 1 unspecified atom stereocenters. The number of carbonyl (C=O) groups excluding carboxylic acids is 1. The Morgan fingerprint density at radius 2 is 1.97 bits per heavy atom. The van der Waals surface area contributed by atoms with E-state index < -0.39 is 18.2 Å². The van der Waals surface area contributed by atoms with Crippen LogP contribution in [0.4, 0.5) is 13.2 Å². The van der Waals surface area contributed by atoms with Crippen LogP contribution in [-0.4, -0.2) is 73.8 Å². The summed E-state index contributed by atoms with van der Waals surface area (Å²) in [4.78, 5) is 19.5. The first-order valence-corrected chi connectivity index (χ1v) is 9.19. The molecule has 1 aliphatic rings. The van der Waals surface area contributed by atoms with E-state index in [9.17, 15) is 18.0 Å². The molecule has 0 saturated carbocycles. The lowest BCUT2D eigenvalue weighted by molar-refractivity contribution is -0.181. The van der Waals surface area contributed by atoms with Crippen molar-refractivity contribution < 1.29 is 27.1 Å². The number of aliphatic imine (C=N–C) groups is 1. The standard InChI is InChI=1S/C18H27F3N4O3.HI/c1-5-22-17(23-11-14-10-15(12(2)28-14)16(26)27-4)25-8-6-24(7-9-25)13(3)18(19,20)21;/h10,13H,5-9,11H2,1-4H3,(H,22,23);1H. The fraction of sp³-hybridized carbons (Fsp3) is 0.667. The van der Waals surface area contributed by atoms with Crippen molar-refractivity contribution in [2.75, 3.05) is 39.8 Å². The van der Waals surface area contributed by atoms with E-state index in [1.807, 2.05) is 11.8 Å². The number of guanidine groups is 1. The lowest BCUT2D eigenvalue weighted by Crippen LogP contribution is -2.56. The molecule has 7 nitrogen and oxygen atoms in total. The van der Waals surface area contributed by atoms with Crippen LogP contribution in [0.2, 0.25) is 0 Å². The average molecular weight is 532 g/mol. The van der Waals surface area contributed by atoms with Crippen molar-refractivity contribution in [3.05, 3.63) is 23.2 Å². The summed E-state index contributed by atoms with van der Waals surface area (Å²) in [6.07, 6.45) is -4.23. The minimum Gasteiger partial charge on any atom is -0.465 e. The molecule has 1 aromatic heterocycles. The van der Waals surface area contributed by atoms with Crippen molar-refractivity contribution in [3.8, 4) is 0 Å². The predicted octanol–water partition coefficient (Wildman–Crippen LogP) is 3.03. The molecule has 0 spiro atoms. The van der Waals surface area contributed by atoms with Crippen LogP contribution >= 0.6 is 24.0 Å². The van der Waals surface area contributed by atoms with E-state index in [0.29, 0.717) is 55.8 Å². The number of hydrogen-bond acceptors (Lipinski definition) is 5. The van der Waals surface area contributed by atoms with Crippen LogP contribution in [0.1, 0.15) is 35.7 Å². The number of methoxy groups -OCH3 is 1. The minimum absolute atomic E-state index is 0. The topological polar surface area (TPSA) is 70.3 Å². The maximum atomic E-state index is 12.9. The Hall–Kier alpha value is -1.50. The summed E-state index contributed by atoms with van der Waals surface area (Å²) >= 11 is 0. The van der Waals surface area contributed by atoms with Crippen LogP contribution in [0.15, 0.2) is 15.5 Å². The smallest absolute Gasteiger partial charge is 0.403 e. The van der Waals surface area contributed by atoms with Crippen LogP contribution in [0.25, 0.3) is 0 Å². The molecular formula is C18H28F3IN4O3. The Morgan fingerprint density at radius 3 is 2.48 bits per heavy atom. The molecule has 166 valence electrons. The first kappa shape index (κ1) is 25.5. The van der Waals surface area contributed by atoms with Gasteiger partial charge in [0.2, 0.25) is 0 Å². The van der Waals surface area contributed by atoms with Gasteiger partial charge in [-0.3, -0.25) is 4.90 Å². The molecular weight excluding hydrogens is 504 g/mol. The first-order valence-electron chi connectivity index (χ1n) is 9.19. The molecule has 0 amide bonds. The van der Waals surface area contributed by atoms with E-state index in [0.717, 1.165) is 0 Å². The molecule has 1 saturated heterocycles. The predicted molar refractivity (Wildman–Crippen MR) is 114 cm³/mol. The molecule has 1 aromatic rings. The number of nitrogens with zero attached hydrogens (tertiary/aromatic N) is 3. The fourth-order valence-corrected chi connectivity index (χ4v) is 3.04. The molecule has 0 radical (unpaired) electrons. The number of nitrogens with one attached hydrogen (secondary N) is 1. The molecule has 2 rings (SSSR count). The van der Waals surface area contributed by atoms with Gasteiger partial charge in [-0.15, -0.1) is 24.0 Å². The third-order valence-electron chi connectivity index (χ3n) is 4.73. The van der Waals surface area contributed by atoms with Crippen molar-refractivity contribution in [2.24, 2.45) is 4.99 Å². The minimum atomic E-state index is -4.23. The molecule has 0 bridgehead atoms. The van der Waals surface area contributed by atoms with Gasteiger partial charge in [-0.25, -0.2) is 9.79 Å². The van der Waals surface area contributed by atoms with E-state index >= 15 is 0 Å². The number of aryl methyl sites for hydroxylation is 1. The molecule has 1 aliphatic heterocycles. The largest absolute Gasteiger partial charge is 0.465 e. The van der Waals surface area contributed by atoms with E-state index in [1.54, 1.807) is 13.0 Å². The summed E-state index contributed by atoms with van der Waals surface area (Å²) in [6, 6.07) is 0.133. The van der Waals surface area contributed by atoms with Gasteiger partial charge in [0.05, 0.1) is 7.11 Å². The highest BCUT2D eigenvalue weighted by Gasteiger charge is 2.41. The molecule has 1 N–H and O–H groups in total. The van der Waals surface area contributed by atoms with Gasteiger partial charge in [-0.2, -0.15) is 13.2 Å². The highest BCUT2D eigenvalue weighted by atomic mass is 127. The van der Waals surface area contributed by atoms with Crippen molar-refractivity contribution >= 4 is 35.9 Å². The number of alkyl halides is 3. The van der Waals surface area contributed by atoms with Crippen molar-refractivity contribution in [1.29, 1.82) is 0 Å². The third-order valence-corrected chi connectivity index (χ3v) is 4.73. The van der Waals surface area contributed by atoms with Gasteiger partial charge in [0.15, 0.2) is 5.96 Å². The average Bonchev–Trinajstić information content (AvgIpc) is 3.04. The number of ether oxygens (including phenoxy) is 1. The van der Waals surface area contributed by atoms with Crippen molar-refractivity contribution in [1.82, 2.24) is 15.1 Å². The quantitative estimate of drug-likeness (QED) is 0.272. The summed E-state index contributed by atoms with van der Waals surface area (Å²) < 4.78 is 49.0. The van der Waals surface area contributed by atoms with Gasteiger partial charge in [-0.1, -0.05) is 0 Å². The van der Waals surface area contributed by atoms with E-state index in [1.165, 1.54) is 18.9 Å². The SMILES string of the molecule is CCNC(=NCc1cc(C(=O)OC)c(C)o1)N1CCN(C(C)C(F)(F)F)CC1.I. The van der Waals surface area contributed by atoms with Crippen molar-refractivity contribution in [3.63, 3.8) is 0 Å². The number of esters is 1. The Kier molecular flexibility index (Phi) is 9.73. The van der Waals surface area contributed by atoms with Gasteiger partial charge in [0, 0.05) is 32.7 Å². The second-order valence-corrected chi connectivity index (χ2v) is 6.58. The highest BCUT2D eigenvalue weighted by Crippen LogP contribution is 2.25. The number of rotatable bonds is 5. The number of hydrogen-bond donors (Lipinski definition) is 1. The summed E-state index contributed by atoms with van der Waals surface area (Å²) in [5.41, 5.74) is 0.354. The van der Waals surface area contributed by atoms with E-state index in [-0.39, 0.29) is 30.5 Å². The lowest BCUT2D eigenvalue weighted by atomic mass is 10.2. The molecule has 0 aromatic carbocycles. The second-order valence-electron chi connectivity index (χ2n) is 6.58. The summed E-state index contributed by atoms with van der Waals surface area (Å²) in [7, 11) is 1.30. The molecule has 1 fully saturated rings. The monoisotopic (exact) mass is 532 g/mol. The van der Waals surface area contributed by atoms with Crippen LogP contribution < -0.4 is 5.32 Å². The van der Waals surface area contributed by atoms with Gasteiger partial charge in [0.25, 0.3) is 0 Å². The van der Waals surface area contributed by atoms with Gasteiger partial charge < -0.3 is 19.4 Å². The summed E-state index contributed by atoms with van der Waals surface area (Å²) in [6.45, 7) is 7.10. The molecule has 1 atom stereocenters. The maximum Gasteiger partial charge on any atom is 0.403 e. The molecule has 29 heavy (non-hydrogen) atoms. The Balaban J connectivity index is 0.00000420. The molecule has 11 heteroatoms. The summed E-state index contributed by atoms with van der Waals surface area (Å²) in [5.74, 6) is 1.10. The normalized spacial score (nSPS) is 16.9. The van der Waals surface area contributed by atoms with Crippen LogP contribution in [0.3, 0.4) is 0 Å². The zero-order valence-electron chi connectivity index (χ0n) is 17.0. The van der Waals surface area contributed by atoms with Crippen LogP contribution in [-0.2, 0) is 11.3 Å². The van der Waals surface area contributed by atoms with Crippen molar-refractivity contribution in [2.45, 2.75) is 39.5 Å². The first-order chi connectivity index (χ1) is 13.2. The van der Waals surface area contributed by atoms with Gasteiger partial charge in [0.1, 0.15) is 29.7 Å². The Bertz CT molecular complexity index is 701. The van der Waals surface area contributed by atoms with E-state index in [4.69, 9.17) is 9.15 Å². The van der Waals surface area contributed by atoms with Gasteiger partial charge in [-0.05, 0) is 26.8 Å². The number of furan rings is 1. The lowest BCUT2D eigenvalue weighted by Gasteiger charge is -2.39. The van der Waals surface area contributed by atoms with Gasteiger partial charge >= 0.3 is 12.1 Å². The number of halogens is 4. The highest BCUT2D eigenvalue weighted by molar-refractivity contribution is 14.0. The second kappa shape index (κ2) is 11.0. The fourth-order valence-electron chi connectivity index (χ4n) is 3.04. The zero-order chi connectivity index (χ0) is 20.9. The van der Waals surface area contributed by atoms with Crippen LogP contribution in [0.5, 0.6) is 0 Å². The summed E-state index contributed by atoms with van der Waals surface area (Å²) in [5, 5.41) is 3.15. The Morgan fingerprint density at radius 1 is 1.34 bits per heavy atom. The number of piperazine rings is 1. The maximum absolute atomic E-state index is 12.9. The number of carbonyl (C=O) groups is 1. The Labute approximate surface area is 185 Å². The molecule has 0 aliphatic carbocycles. The molecule has 2 heterocycles. The van der Waals surface area contributed by atoms with E-state index in [2.05, 4.69) is 10.3 Å². The zero-order valence-corrected chi connectivity index (χ0v) is 19.3. The third kappa shape index (κ3) is 6.76. The van der Waals surface area contributed by atoms with Crippen LogP contribution in [0, 0.1) is 6.92 Å².